The van der Waals surface area contributed by atoms with Gasteiger partial charge in [0.15, 0.2) is 0 Å². The molecule has 0 amide bonds. The lowest BCUT2D eigenvalue weighted by Crippen LogP contribution is -2.17. The number of anilines is 3. The Morgan fingerprint density at radius 1 is 1.19 bits per heavy atom. The van der Waals surface area contributed by atoms with Crippen molar-refractivity contribution in [2.24, 2.45) is 7.05 Å². The Labute approximate surface area is 124 Å². The van der Waals surface area contributed by atoms with Gasteiger partial charge in [0, 0.05) is 31.5 Å². The third-order valence-electron chi connectivity index (χ3n) is 3.94. The van der Waals surface area contributed by atoms with Crippen LogP contribution in [0, 0.1) is 18.3 Å². The van der Waals surface area contributed by atoms with Crippen molar-refractivity contribution in [3.8, 4) is 6.07 Å². The van der Waals surface area contributed by atoms with Gasteiger partial charge in [-0.2, -0.15) is 10.4 Å². The normalized spacial score (nSPS) is 14.2. The zero-order valence-corrected chi connectivity index (χ0v) is 12.4. The van der Waals surface area contributed by atoms with Crippen LogP contribution in [0.4, 0.5) is 17.2 Å². The molecule has 5 nitrogen and oxygen atoms in total. The third-order valence-corrected chi connectivity index (χ3v) is 3.94. The summed E-state index contributed by atoms with van der Waals surface area (Å²) in [6, 6.07) is 10.6. The van der Waals surface area contributed by atoms with Crippen LogP contribution in [0.1, 0.15) is 24.1 Å². The van der Waals surface area contributed by atoms with Gasteiger partial charge in [-0.3, -0.25) is 4.68 Å². The minimum Gasteiger partial charge on any atom is -0.372 e. The summed E-state index contributed by atoms with van der Waals surface area (Å²) in [5, 5.41) is 16.8. The molecule has 0 bridgehead atoms. The average molecular weight is 281 g/mol. The predicted octanol–water partition coefficient (Wildman–Crippen LogP) is 2.94. The summed E-state index contributed by atoms with van der Waals surface area (Å²) in [6.45, 7) is 4.14. The first kappa shape index (κ1) is 13.5. The number of benzene rings is 1. The maximum atomic E-state index is 9.23. The van der Waals surface area contributed by atoms with Crippen molar-refractivity contribution in [1.82, 2.24) is 9.78 Å². The van der Waals surface area contributed by atoms with Crippen LogP contribution < -0.4 is 10.2 Å². The molecule has 1 aromatic carbocycles. The molecule has 0 atom stereocenters. The molecule has 2 aromatic rings. The Morgan fingerprint density at radius 2 is 1.86 bits per heavy atom. The number of aryl methyl sites for hydroxylation is 2. The summed E-state index contributed by atoms with van der Waals surface area (Å²) in [7, 11) is 1.84. The molecule has 0 spiro atoms. The lowest BCUT2D eigenvalue weighted by molar-refractivity contribution is 0.765. The van der Waals surface area contributed by atoms with E-state index in [4.69, 9.17) is 0 Å². The summed E-state index contributed by atoms with van der Waals surface area (Å²) in [6.07, 6.45) is 2.56. The van der Waals surface area contributed by atoms with Crippen LogP contribution in [-0.4, -0.2) is 22.9 Å². The second-order valence-corrected chi connectivity index (χ2v) is 5.41. The molecular formula is C16H19N5. The largest absolute Gasteiger partial charge is 0.372 e. The van der Waals surface area contributed by atoms with Crippen molar-refractivity contribution >= 4 is 17.2 Å². The molecule has 108 valence electrons. The lowest BCUT2D eigenvalue weighted by atomic mass is 10.2. The van der Waals surface area contributed by atoms with Crippen molar-refractivity contribution < 1.29 is 0 Å². The van der Waals surface area contributed by atoms with E-state index in [1.807, 2.05) is 14.0 Å². The average Bonchev–Trinajstić information content (AvgIpc) is 3.09. The van der Waals surface area contributed by atoms with Crippen molar-refractivity contribution in [3.05, 3.63) is 35.5 Å². The molecule has 0 radical (unpaired) electrons. The fourth-order valence-corrected chi connectivity index (χ4v) is 2.80. The van der Waals surface area contributed by atoms with Gasteiger partial charge in [0.05, 0.1) is 5.69 Å². The molecule has 2 heterocycles. The number of nitrogens with zero attached hydrogens (tertiary/aromatic N) is 4. The number of hydrogen-bond acceptors (Lipinski definition) is 4. The third kappa shape index (κ3) is 2.57. The smallest absolute Gasteiger partial charge is 0.146 e. The maximum absolute atomic E-state index is 9.23. The van der Waals surface area contributed by atoms with Gasteiger partial charge in [0.2, 0.25) is 0 Å². The SMILES string of the molecule is Cc1nn(C)c(Nc2ccc(N3CCCC3)cc2)c1C#N. The highest BCUT2D eigenvalue weighted by Crippen LogP contribution is 2.25. The van der Waals surface area contributed by atoms with Crippen LogP contribution in [0.15, 0.2) is 24.3 Å². The molecule has 1 aromatic heterocycles. The summed E-state index contributed by atoms with van der Waals surface area (Å²) in [5.41, 5.74) is 3.58. The molecular weight excluding hydrogens is 262 g/mol. The Morgan fingerprint density at radius 3 is 2.48 bits per heavy atom. The zero-order valence-electron chi connectivity index (χ0n) is 12.4. The van der Waals surface area contributed by atoms with E-state index in [0.717, 1.165) is 30.3 Å². The quantitative estimate of drug-likeness (QED) is 0.939. The van der Waals surface area contributed by atoms with Gasteiger partial charge >= 0.3 is 0 Å². The number of rotatable bonds is 3. The van der Waals surface area contributed by atoms with E-state index < -0.39 is 0 Å². The van der Waals surface area contributed by atoms with Gasteiger partial charge in [0.25, 0.3) is 0 Å². The van der Waals surface area contributed by atoms with E-state index in [0.29, 0.717) is 5.56 Å². The summed E-state index contributed by atoms with van der Waals surface area (Å²) < 4.78 is 1.71. The Kier molecular flexibility index (Phi) is 3.53. The van der Waals surface area contributed by atoms with Gasteiger partial charge < -0.3 is 10.2 Å². The van der Waals surface area contributed by atoms with Gasteiger partial charge in [-0.15, -0.1) is 0 Å². The van der Waals surface area contributed by atoms with Crippen LogP contribution in [0.25, 0.3) is 0 Å². The molecule has 1 aliphatic rings. The van der Waals surface area contributed by atoms with Crippen LogP contribution in [0.2, 0.25) is 0 Å². The first-order valence-corrected chi connectivity index (χ1v) is 7.25. The van der Waals surface area contributed by atoms with Crippen LogP contribution >= 0.6 is 0 Å². The van der Waals surface area contributed by atoms with Crippen LogP contribution in [0.5, 0.6) is 0 Å². The standard InChI is InChI=1S/C16H19N5/c1-12-15(11-17)16(20(2)19-12)18-13-5-7-14(8-6-13)21-9-3-4-10-21/h5-8,18H,3-4,9-10H2,1-2H3. The maximum Gasteiger partial charge on any atom is 0.146 e. The first-order chi connectivity index (χ1) is 10.2. The minimum absolute atomic E-state index is 0.598. The second-order valence-electron chi connectivity index (χ2n) is 5.41. The summed E-state index contributed by atoms with van der Waals surface area (Å²) in [4.78, 5) is 2.40. The molecule has 0 saturated carbocycles. The zero-order chi connectivity index (χ0) is 14.8. The predicted molar refractivity (Wildman–Crippen MR) is 83.8 cm³/mol. The summed E-state index contributed by atoms with van der Waals surface area (Å²) >= 11 is 0. The molecule has 3 rings (SSSR count). The fraction of sp³-hybridized carbons (Fsp3) is 0.375. The van der Waals surface area contributed by atoms with Crippen molar-refractivity contribution in [1.29, 1.82) is 5.26 Å². The van der Waals surface area contributed by atoms with E-state index in [9.17, 15) is 5.26 Å². The molecule has 5 heteroatoms. The van der Waals surface area contributed by atoms with E-state index in [1.54, 1.807) is 4.68 Å². The number of nitrogens with one attached hydrogen (secondary N) is 1. The van der Waals surface area contributed by atoms with Crippen molar-refractivity contribution in [3.63, 3.8) is 0 Å². The molecule has 1 saturated heterocycles. The fourth-order valence-electron chi connectivity index (χ4n) is 2.80. The highest BCUT2D eigenvalue weighted by Gasteiger charge is 2.14. The van der Waals surface area contributed by atoms with E-state index in [-0.39, 0.29) is 0 Å². The van der Waals surface area contributed by atoms with E-state index in [2.05, 4.69) is 45.7 Å². The topological polar surface area (TPSA) is 56.9 Å². The number of aromatic nitrogens is 2. The monoisotopic (exact) mass is 281 g/mol. The molecule has 0 unspecified atom stereocenters. The van der Waals surface area contributed by atoms with Crippen molar-refractivity contribution in [2.75, 3.05) is 23.3 Å². The molecule has 1 aliphatic heterocycles. The highest BCUT2D eigenvalue weighted by molar-refractivity contribution is 5.66. The molecule has 1 fully saturated rings. The van der Waals surface area contributed by atoms with Gasteiger partial charge in [-0.1, -0.05) is 0 Å². The first-order valence-electron chi connectivity index (χ1n) is 7.25. The number of hydrogen-bond donors (Lipinski definition) is 1. The van der Waals surface area contributed by atoms with E-state index >= 15 is 0 Å². The highest BCUT2D eigenvalue weighted by atomic mass is 15.3. The minimum atomic E-state index is 0.598. The van der Waals surface area contributed by atoms with Crippen molar-refractivity contribution in [2.45, 2.75) is 19.8 Å². The van der Waals surface area contributed by atoms with Crippen LogP contribution in [0.3, 0.4) is 0 Å². The molecule has 21 heavy (non-hydrogen) atoms. The van der Waals surface area contributed by atoms with Gasteiger partial charge in [-0.05, 0) is 44.0 Å². The van der Waals surface area contributed by atoms with Gasteiger partial charge in [-0.25, -0.2) is 0 Å². The summed E-state index contributed by atoms with van der Waals surface area (Å²) in [5.74, 6) is 0.740. The lowest BCUT2D eigenvalue weighted by Gasteiger charge is -2.18. The Bertz CT molecular complexity index is 672. The Hall–Kier alpha value is -2.48. The molecule has 0 aliphatic carbocycles. The van der Waals surface area contributed by atoms with Crippen LogP contribution in [-0.2, 0) is 7.05 Å². The second kappa shape index (κ2) is 5.49. The number of nitriles is 1. The van der Waals surface area contributed by atoms with E-state index in [1.165, 1.54) is 18.5 Å². The Balaban J connectivity index is 1.81. The van der Waals surface area contributed by atoms with Gasteiger partial charge in [0.1, 0.15) is 17.5 Å². The molecule has 1 N–H and O–H groups in total.